The molecule has 0 aromatic rings. The standard InChI is InChI=1S/C11H23N3OS/c1-2-10(9-12)11(15)13-3-4-14-5-7-16-8-6-14/h10H,2-9,12H2,1H3,(H,13,15). The quantitative estimate of drug-likeness (QED) is 0.699. The minimum atomic E-state index is -0.0167. The number of nitrogens with two attached hydrogens (primary N) is 1. The zero-order valence-electron chi connectivity index (χ0n) is 10.1. The SMILES string of the molecule is CCC(CN)C(=O)NCCN1CCSCC1. The van der Waals surface area contributed by atoms with Gasteiger partial charge in [-0.2, -0.15) is 11.8 Å². The van der Waals surface area contributed by atoms with Crippen LogP contribution < -0.4 is 11.1 Å². The molecule has 0 aromatic carbocycles. The largest absolute Gasteiger partial charge is 0.355 e. The Labute approximate surface area is 102 Å². The Bertz CT molecular complexity index is 203. The Hall–Kier alpha value is -0.260. The van der Waals surface area contributed by atoms with E-state index in [9.17, 15) is 4.79 Å². The maximum absolute atomic E-state index is 11.6. The molecule has 5 heteroatoms. The zero-order chi connectivity index (χ0) is 11.8. The molecular weight excluding hydrogens is 222 g/mol. The molecule has 94 valence electrons. The van der Waals surface area contributed by atoms with Crippen molar-refractivity contribution in [3.8, 4) is 0 Å². The second kappa shape index (κ2) is 7.92. The van der Waals surface area contributed by atoms with Gasteiger partial charge in [0.2, 0.25) is 5.91 Å². The first-order valence-electron chi connectivity index (χ1n) is 6.05. The Morgan fingerprint density at radius 2 is 2.19 bits per heavy atom. The van der Waals surface area contributed by atoms with E-state index in [0.717, 1.165) is 32.6 Å². The molecule has 1 aliphatic rings. The normalized spacial score (nSPS) is 19.4. The second-order valence-electron chi connectivity index (χ2n) is 4.09. The molecule has 0 radical (unpaired) electrons. The van der Waals surface area contributed by atoms with E-state index < -0.39 is 0 Å². The Kier molecular flexibility index (Phi) is 6.84. The van der Waals surface area contributed by atoms with Gasteiger partial charge >= 0.3 is 0 Å². The van der Waals surface area contributed by atoms with Gasteiger partial charge in [-0.3, -0.25) is 9.69 Å². The molecule has 0 aliphatic carbocycles. The molecule has 0 saturated carbocycles. The molecule has 0 aromatic heterocycles. The highest BCUT2D eigenvalue weighted by atomic mass is 32.2. The summed E-state index contributed by atoms with van der Waals surface area (Å²) in [5.74, 6) is 2.52. The summed E-state index contributed by atoms with van der Waals surface area (Å²) >= 11 is 2.01. The van der Waals surface area contributed by atoms with Crippen molar-refractivity contribution in [3.63, 3.8) is 0 Å². The van der Waals surface area contributed by atoms with E-state index in [1.165, 1.54) is 11.5 Å². The molecule has 4 nitrogen and oxygen atoms in total. The maximum Gasteiger partial charge on any atom is 0.224 e. The summed E-state index contributed by atoms with van der Waals surface area (Å²) in [7, 11) is 0. The lowest BCUT2D eigenvalue weighted by atomic mass is 10.1. The van der Waals surface area contributed by atoms with Crippen LogP contribution in [-0.4, -0.2) is 55.0 Å². The molecule has 1 aliphatic heterocycles. The number of nitrogens with one attached hydrogen (secondary N) is 1. The van der Waals surface area contributed by atoms with Gasteiger partial charge in [-0.1, -0.05) is 6.92 Å². The van der Waals surface area contributed by atoms with Gasteiger partial charge in [-0.05, 0) is 6.42 Å². The van der Waals surface area contributed by atoms with Crippen molar-refractivity contribution in [3.05, 3.63) is 0 Å². The van der Waals surface area contributed by atoms with Gasteiger partial charge in [0, 0.05) is 50.1 Å². The van der Waals surface area contributed by atoms with E-state index in [4.69, 9.17) is 5.73 Å². The van der Waals surface area contributed by atoms with Crippen LogP contribution in [0.15, 0.2) is 0 Å². The summed E-state index contributed by atoms with van der Waals surface area (Å²) in [5, 5.41) is 2.96. The predicted molar refractivity (Wildman–Crippen MR) is 69.6 cm³/mol. The van der Waals surface area contributed by atoms with Gasteiger partial charge in [0.15, 0.2) is 0 Å². The van der Waals surface area contributed by atoms with Gasteiger partial charge in [-0.15, -0.1) is 0 Å². The first-order chi connectivity index (χ1) is 7.77. The lowest BCUT2D eigenvalue weighted by molar-refractivity contribution is -0.124. The molecule has 0 bridgehead atoms. The summed E-state index contributed by atoms with van der Waals surface area (Å²) in [6, 6.07) is 0. The number of rotatable bonds is 6. The molecule has 1 atom stereocenters. The highest BCUT2D eigenvalue weighted by Crippen LogP contribution is 2.08. The minimum Gasteiger partial charge on any atom is -0.355 e. The van der Waals surface area contributed by atoms with Crippen molar-refractivity contribution < 1.29 is 4.79 Å². The molecule has 3 N–H and O–H groups in total. The minimum absolute atomic E-state index is 0.0167. The molecule has 1 saturated heterocycles. The molecule has 16 heavy (non-hydrogen) atoms. The predicted octanol–water partition coefficient (Wildman–Crippen LogP) is 0.136. The van der Waals surface area contributed by atoms with Crippen molar-refractivity contribution in [2.75, 3.05) is 44.2 Å². The summed E-state index contributed by atoms with van der Waals surface area (Å²) in [6.07, 6.45) is 0.822. The molecule has 0 spiro atoms. The highest BCUT2D eigenvalue weighted by molar-refractivity contribution is 7.99. The van der Waals surface area contributed by atoms with E-state index in [1.807, 2.05) is 18.7 Å². The van der Waals surface area contributed by atoms with E-state index in [1.54, 1.807) is 0 Å². The van der Waals surface area contributed by atoms with Crippen molar-refractivity contribution in [2.24, 2.45) is 11.7 Å². The molecule has 1 unspecified atom stereocenters. The lowest BCUT2D eigenvalue weighted by Crippen LogP contribution is -2.41. The van der Waals surface area contributed by atoms with E-state index >= 15 is 0 Å². The van der Waals surface area contributed by atoms with Crippen LogP contribution in [-0.2, 0) is 4.79 Å². The average molecular weight is 245 g/mol. The second-order valence-corrected chi connectivity index (χ2v) is 5.31. The van der Waals surface area contributed by atoms with Gasteiger partial charge in [0.1, 0.15) is 0 Å². The number of hydrogen-bond donors (Lipinski definition) is 2. The summed E-state index contributed by atoms with van der Waals surface area (Å²) in [4.78, 5) is 14.0. The third kappa shape index (κ3) is 4.72. The smallest absolute Gasteiger partial charge is 0.224 e. The summed E-state index contributed by atoms with van der Waals surface area (Å²) in [6.45, 7) is 6.46. The first kappa shape index (κ1) is 13.8. The van der Waals surface area contributed by atoms with E-state index in [-0.39, 0.29) is 11.8 Å². The molecule has 1 amide bonds. The zero-order valence-corrected chi connectivity index (χ0v) is 10.9. The third-order valence-corrected chi connectivity index (χ3v) is 3.92. The van der Waals surface area contributed by atoms with Gasteiger partial charge < -0.3 is 11.1 Å². The fraction of sp³-hybridized carbons (Fsp3) is 0.909. The maximum atomic E-state index is 11.6. The molecular formula is C11H23N3OS. The number of carbonyl (C=O) groups excluding carboxylic acids is 1. The fourth-order valence-corrected chi connectivity index (χ4v) is 2.74. The third-order valence-electron chi connectivity index (χ3n) is 2.98. The first-order valence-corrected chi connectivity index (χ1v) is 7.21. The molecule has 1 rings (SSSR count). The van der Waals surface area contributed by atoms with Crippen molar-refractivity contribution in [1.82, 2.24) is 10.2 Å². The van der Waals surface area contributed by atoms with Crippen LogP contribution in [0.3, 0.4) is 0 Å². The Balaban J connectivity index is 2.11. The topological polar surface area (TPSA) is 58.4 Å². The molecule has 1 fully saturated rings. The van der Waals surface area contributed by atoms with Crippen LogP contribution >= 0.6 is 11.8 Å². The van der Waals surface area contributed by atoms with Crippen LogP contribution in [0.2, 0.25) is 0 Å². The number of amides is 1. The van der Waals surface area contributed by atoms with Crippen LogP contribution in [0.25, 0.3) is 0 Å². The monoisotopic (exact) mass is 245 g/mol. The van der Waals surface area contributed by atoms with Crippen molar-refractivity contribution in [2.45, 2.75) is 13.3 Å². The van der Waals surface area contributed by atoms with Crippen LogP contribution in [0.1, 0.15) is 13.3 Å². The number of nitrogens with zero attached hydrogens (tertiary/aromatic N) is 1. The van der Waals surface area contributed by atoms with Gasteiger partial charge in [-0.25, -0.2) is 0 Å². The number of thioether (sulfide) groups is 1. The Morgan fingerprint density at radius 1 is 1.50 bits per heavy atom. The number of hydrogen-bond acceptors (Lipinski definition) is 4. The van der Waals surface area contributed by atoms with Gasteiger partial charge in [0.05, 0.1) is 0 Å². The van der Waals surface area contributed by atoms with Crippen LogP contribution in [0.5, 0.6) is 0 Å². The van der Waals surface area contributed by atoms with E-state index in [0.29, 0.717) is 6.54 Å². The lowest BCUT2D eigenvalue weighted by Gasteiger charge is -2.26. The van der Waals surface area contributed by atoms with Gasteiger partial charge in [0.25, 0.3) is 0 Å². The van der Waals surface area contributed by atoms with Crippen LogP contribution in [0, 0.1) is 5.92 Å². The number of carbonyl (C=O) groups is 1. The van der Waals surface area contributed by atoms with Crippen LogP contribution in [0.4, 0.5) is 0 Å². The summed E-state index contributed by atoms with van der Waals surface area (Å²) in [5.41, 5.74) is 5.52. The highest BCUT2D eigenvalue weighted by Gasteiger charge is 2.14. The van der Waals surface area contributed by atoms with Crippen molar-refractivity contribution >= 4 is 17.7 Å². The fourth-order valence-electron chi connectivity index (χ4n) is 1.77. The Morgan fingerprint density at radius 3 is 2.75 bits per heavy atom. The average Bonchev–Trinajstić information content (AvgIpc) is 2.32. The van der Waals surface area contributed by atoms with E-state index in [2.05, 4.69) is 10.2 Å². The van der Waals surface area contributed by atoms with Crippen molar-refractivity contribution in [1.29, 1.82) is 0 Å². The molecule has 1 heterocycles. The summed E-state index contributed by atoms with van der Waals surface area (Å²) < 4.78 is 0.